The van der Waals surface area contributed by atoms with E-state index < -0.39 is 5.41 Å². The van der Waals surface area contributed by atoms with Crippen LogP contribution in [0.25, 0.3) is 11.1 Å². The maximum Gasteiger partial charge on any atom is 0.0997 e. The molecule has 0 aromatic heterocycles. The maximum absolute atomic E-state index is 10.5. The second-order valence-corrected chi connectivity index (χ2v) is 13.8. The summed E-state index contributed by atoms with van der Waals surface area (Å²) in [4.78, 5) is 0. The standard InChI is InChI=1S/C45H52N2/c1-7-11-15-33-25-37(26-34(16-12-8-2)41(33)29-46)45(38-27-35(17-13-9-3)42(30-47)36(28-38)18-14-10-4)43-23-31(5)19-21-39(43)40-22-20-32(6)24-44(40)45/h19-28H,7-18H2,1-6H3. The average molecular weight is 621 g/mol. The number of benzene rings is 4. The van der Waals surface area contributed by atoms with E-state index in [1.807, 2.05) is 0 Å². The summed E-state index contributed by atoms with van der Waals surface area (Å²) in [5.41, 5.74) is 16.1. The molecule has 0 saturated carbocycles. The summed E-state index contributed by atoms with van der Waals surface area (Å²) >= 11 is 0. The number of fused-ring (bicyclic) bond motifs is 3. The molecule has 5 rings (SSSR count). The highest BCUT2D eigenvalue weighted by Gasteiger charge is 2.47. The third-order valence-electron chi connectivity index (χ3n) is 10.3. The molecule has 4 aromatic rings. The first kappa shape index (κ1) is 34.2. The van der Waals surface area contributed by atoms with Crippen LogP contribution in [0.5, 0.6) is 0 Å². The highest BCUT2D eigenvalue weighted by Crippen LogP contribution is 2.57. The smallest absolute Gasteiger partial charge is 0.0997 e. The fourth-order valence-corrected chi connectivity index (χ4v) is 7.85. The van der Waals surface area contributed by atoms with Gasteiger partial charge in [0.15, 0.2) is 0 Å². The van der Waals surface area contributed by atoms with Gasteiger partial charge in [-0.15, -0.1) is 0 Å². The van der Waals surface area contributed by atoms with E-state index in [2.05, 4.69) is 114 Å². The largest absolute Gasteiger partial charge is 0.192 e. The Morgan fingerprint density at radius 3 is 1.09 bits per heavy atom. The zero-order valence-corrected chi connectivity index (χ0v) is 29.7. The van der Waals surface area contributed by atoms with Gasteiger partial charge in [-0.05, 0) is 121 Å². The number of unbranched alkanes of at least 4 members (excludes halogenated alkanes) is 4. The lowest BCUT2D eigenvalue weighted by Crippen LogP contribution is -2.30. The van der Waals surface area contributed by atoms with Crippen molar-refractivity contribution in [1.82, 2.24) is 0 Å². The van der Waals surface area contributed by atoms with Crippen molar-refractivity contribution in [1.29, 1.82) is 10.5 Å². The third kappa shape index (κ3) is 6.41. The lowest BCUT2D eigenvalue weighted by atomic mass is 9.65. The van der Waals surface area contributed by atoms with E-state index >= 15 is 0 Å². The van der Waals surface area contributed by atoms with Gasteiger partial charge in [-0.25, -0.2) is 0 Å². The van der Waals surface area contributed by atoms with E-state index in [-0.39, 0.29) is 0 Å². The van der Waals surface area contributed by atoms with Crippen molar-refractivity contribution in [2.45, 2.75) is 124 Å². The predicted octanol–water partition coefficient (Wildman–Crippen LogP) is 11.8. The first-order valence-corrected chi connectivity index (χ1v) is 18.2. The molecule has 0 radical (unpaired) electrons. The van der Waals surface area contributed by atoms with Crippen molar-refractivity contribution in [3.8, 4) is 23.3 Å². The maximum atomic E-state index is 10.5. The van der Waals surface area contributed by atoms with Gasteiger partial charge in [0.2, 0.25) is 0 Å². The van der Waals surface area contributed by atoms with Crippen LogP contribution in [-0.2, 0) is 31.1 Å². The van der Waals surface area contributed by atoms with Crippen LogP contribution in [0.4, 0.5) is 0 Å². The van der Waals surface area contributed by atoms with Gasteiger partial charge in [-0.3, -0.25) is 0 Å². The van der Waals surface area contributed by atoms with Gasteiger partial charge in [0.05, 0.1) is 28.7 Å². The van der Waals surface area contributed by atoms with Crippen molar-refractivity contribution >= 4 is 0 Å². The van der Waals surface area contributed by atoms with E-state index in [4.69, 9.17) is 0 Å². The van der Waals surface area contributed by atoms with Gasteiger partial charge in [-0.1, -0.05) is 125 Å². The number of hydrogen-bond acceptors (Lipinski definition) is 2. The Morgan fingerprint density at radius 1 is 0.489 bits per heavy atom. The second kappa shape index (κ2) is 15.2. The highest BCUT2D eigenvalue weighted by molar-refractivity contribution is 5.87. The van der Waals surface area contributed by atoms with Crippen LogP contribution in [0.3, 0.4) is 0 Å². The molecule has 1 aliphatic rings. The lowest BCUT2D eigenvalue weighted by molar-refractivity contribution is 0.730. The summed E-state index contributed by atoms with van der Waals surface area (Å²) in [7, 11) is 0. The topological polar surface area (TPSA) is 47.6 Å². The Labute approximate surface area is 284 Å². The van der Waals surface area contributed by atoms with E-state index in [0.717, 1.165) is 88.2 Å². The van der Waals surface area contributed by atoms with E-state index in [0.29, 0.717) is 0 Å². The van der Waals surface area contributed by atoms with Crippen LogP contribution in [-0.4, -0.2) is 0 Å². The van der Waals surface area contributed by atoms with Gasteiger partial charge < -0.3 is 0 Å². The molecular weight excluding hydrogens is 569 g/mol. The zero-order chi connectivity index (χ0) is 33.6. The fraction of sp³-hybridized carbons (Fsp3) is 0.422. The summed E-state index contributed by atoms with van der Waals surface area (Å²) in [6, 6.07) is 28.8. The van der Waals surface area contributed by atoms with E-state index in [9.17, 15) is 10.5 Å². The van der Waals surface area contributed by atoms with Crippen LogP contribution in [0.2, 0.25) is 0 Å². The van der Waals surface area contributed by atoms with Crippen LogP contribution >= 0.6 is 0 Å². The number of aryl methyl sites for hydroxylation is 6. The molecule has 0 unspecified atom stereocenters. The monoisotopic (exact) mass is 620 g/mol. The minimum atomic E-state index is -0.561. The minimum Gasteiger partial charge on any atom is -0.192 e. The van der Waals surface area contributed by atoms with Gasteiger partial charge in [0.1, 0.15) is 0 Å². The fourth-order valence-electron chi connectivity index (χ4n) is 7.85. The molecule has 0 atom stereocenters. The molecule has 242 valence electrons. The van der Waals surface area contributed by atoms with Gasteiger partial charge in [0, 0.05) is 0 Å². The van der Waals surface area contributed by atoms with Gasteiger partial charge in [0.25, 0.3) is 0 Å². The molecule has 0 aliphatic heterocycles. The molecule has 0 saturated heterocycles. The molecule has 47 heavy (non-hydrogen) atoms. The molecule has 1 aliphatic carbocycles. The highest BCUT2D eigenvalue weighted by atomic mass is 14.5. The molecular formula is C45H52N2. The van der Waals surface area contributed by atoms with Gasteiger partial charge >= 0.3 is 0 Å². The molecule has 2 nitrogen and oxygen atoms in total. The van der Waals surface area contributed by atoms with Crippen molar-refractivity contribution in [3.63, 3.8) is 0 Å². The number of nitrogens with zero attached hydrogens (tertiary/aromatic N) is 2. The summed E-state index contributed by atoms with van der Waals surface area (Å²) < 4.78 is 0. The Kier molecular flexibility index (Phi) is 11.0. The summed E-state index contributed by atoms with van der Waals surface area (Å²) in [6.07, 6.45) is 12.2. The molecule has 0 spiro atoms. The van der Waals surface area contributed by atoms with Crippen LogP contribution < -0.4 is 0 Å². The SMILES string of the molecule is CCCCc1cc(C2(c3cc(CCCC)c(C#N)c(CCCC)c3)c3cc(C)ccc3-c3ccc(C)cc32)cc(CCCC)c1C#N. The third-order valence-corrected chi connectivity index (χ3v) is 10.3. The van der Waals surface area contributed by atoms with Crippen molar-refractivity contribution in [2.75, 3.05) is 0 Å². The molecule has 0 bridgehead atoms. The average Bonchev–Trinajstić information content (AvgIpc) is 3.36. The molecule has 0 heterocycles. The molecule has 0 N–H and O–H groups in total. The molecule has 0 amide bonds. The number of nitriles is 2. The predicted molar refractivity (Wildman–Crippen MR) is 197 cm³/mol. The number of hydrogen-bond donors (Lipinski definition) is 0. The Morgan fingerprint density at radius 2 is 0.809 bits per heavy atom. The normalized spacial score (nSPS) is 12.8. The van der Waals surface area contributed by atoms with Crippen LogP contribution in [0, 0.1) is 36.5 Å². The van der Waals surface area contributed by atoms with Crippen LogP contribution in [0.1, 0.15) is 146 Å². The van der Waals surface area contributed by atoms with Gasteiger partial charge in [-0.2, -0.15) is 10.5 Å². The first-order valence-electron chi connectivity index (χ1n) is 18.2. The second-order valence-electron chi connectivity index (χ2n) is 13.8. The zero-order valence-electron chi connectivity index (χ0n) is 29.7. The number of rotatable bonds is 14. The molecule has 4 aromatic carbocycles. The summed E-state index contributed by atoms with van der Waals surface area (Å²) in [5, 5.41) is 21.1. The molecule has 2 heteroatoms. The minimum absolute atomic E-state index is 0.561. The Bertz CT molecular complexity index is 1630. The summed E-state index contributed by atoms with van der Waals surface area (Å²) in [5.74, 6) is 0. The lowest BCUT2D eigenvalue weighted by Gasteiger charge is -2.36. The van der Waals surface area contributed by atoms with Crippen molar-refractivity contribution in [3.05, 3.63) is 127 Å². The van der Waals surface area contributed by atoms with Crippen molar-refractivity contribution in [2.24, 2.45) is 0 Å². The van der Waals surface area contributed by atoms with Crippen LogP contribution in [0.15, 0.2) is 60.7 Å². The Balaban J connectivity index is 1.98. The van der Waals surface area contributed by atoms with E-state index in [1.54, 1.807) is 0 Å². The van der Waals surface area contributed by atoms with E-state index in [1.165, 1.54) is 66.8 Å². The summed E-state index contributed by atoms with van der Waals surface area (Å²) in [6.45, 7) is 13.3. The Hall–Kier alpha value is -4.14. The van der Waals surface area contributed by atoms with Crippen molar-refractivity contribution < 1.29 is 0 Å². The first-order chi connectivity index (χ1) is 22.9. The molecule has 0 fully saturated rings. The quantitative estimate of drug-likeness (QED) is 0.124.